The highest BCUT2D eigenvalue weighted by molar-refractivity contribution is 5.73. The van der Waals surface area contributed by atoms with E-state index in [1.54, 1.807) is 6.20 Å². The molecule has 0 fully saturated rings. The molecular weight excluding hydrogens is 232 g/mol. The number of amides is 2. The molecule has 0 atom stereocenters. The molecule has 0 radical (unpaired) electrons. The maximum atomic E-state index is 11.2. The SMILES string of the molecule is Cc1nccn1CCCCNC(=O)NCCCO. The van der Waals surface area contributed by atoms with Crippen molar-refractivity contribution in [2.24, 2.45) is 0 Å². The van der Waals surface area contributed by atoms with E-state index in [0.717, 1.165) is 25.2 Å². The third-order valence-electron chi connectivity index (χ3n) is 2.66. The average molecular weight is 254 g/mol. The largest absolute Gasteiger partial charge is 0.396 e. The maximum Gasteiger partial charge on any atom is 0.314 e. The molecule has 2 amide bonds. The molecule has 18 heavy (non-hydrogen) atoms. The third-order valence-corrected chi connectivity index (χ3v) is 2.66. The molecule has 0 saturated heterocycles. The highest BCUT2D eigenvalue weighted by Gasteiger charge is 1.99. The van der Waals surface area contributed by atoms with Crippen LogP contribution in [-0.2, 0) is 6.54 Å². The minimum Gasteiger partial charge on any atom is -0.396 e. The van der Waals surface area contributed by atoms with Gasteiger partial charge in [-0.15, -0.1) is 0 Å². The van der Waals surface area contributed by atoms with E-state index in [0.29, 0.717) is 19.5 Å². The first kappa shape index (κ1) is 14.5. The number of aryl methyl sites for hydroxylation is 2. The van der Waals surface area contributed by atoms with Crippen LogP contribution < -0.4 is 10.6 Å². The molecule has 3 N–H and O–H groups in total. The standard InChI is InChI=1S/C12H22N4O2/c1-11-13-7-9-16(11)8-3-2-5-14-12(18)15-6-4-10-17/h7,9,17H,2-6,8,10H2,1H3,(H2,14,15,18). The van der Waals surface area contributed by atoms with Gasteiger partial charge in [-0.05, 0) is 26.2 Å². The van der Waals surface area contributed by atoms with E-state index in [4.69, 9.17) is 5.11 Å². The molecule has 6 nitrogen and oxygen atoms in total. The molecule has 1 heterocycles. The molecule has 0 saturated carbocycles. The van der Waals surface area contributed by atoms with Crippen LogP contribution in [-0.4, -0.2) is 40.4 Å². The normalized spacial score (nSPS) is 10.3. The van der Waals surface area contributed by atoms with Crippen LogP contribution in [0.4, 0.5) is 4.79 Å². The molecule has 0 aliphatic rings. The smallest absolute Gasteiger partial charge is 0.314 e. The first-order chi connectivity index (χ1) is 8.74. The summed E-state index contributed by atoms with van der Waals surface area (Å²) in [5.41, 5.74) is 0. The van der Waals surface area contributed by atoms with E-state index in [-0.39, 0.29) is 12.6 Å². The molecule has 1 aromatic rings. The number of carbonyl (C=O) groups excluding carboxylic acids is 1. The monoisotopic (exact) mass is 254 g/mol. The predicted octanol–water partition coefficient (Wildman–Crippen LogP) is 0.653. The van der Waals surface area contributed by atoms with E-state index in [2.05, 4.69) is 20.2 Å². The van der Waals surface area contributed by atoms with Gasteiger partial charge in [-0.2, -0.15) is 0 Å². The van der Waals surface area contributed by atoms with Gasteiger partial charge in [-0.3, -0.25) is 0 Å². The Kier molecular flexibility index (Phi) is 6.86. The first-order valence-corrected chi connectivity index (χ1v) is 6.34. The zero-order valence-electron chi connectivity index (χ0n) is 10.9. The van der Waals surface area contributed by atoms with Crippen LogP contribution in [0.15, 0.2) is 12.4 Å². The van der Waals surface area contributed by atoms with Gasteiger partial charge >= 0.3 is 6.03 Å². The summed E-state index contributed by atoms with van der Waals surface area (Å²) in [6.45, 7) is 4.19. The van der Waals surface area contributed by atoms with Gasteiger partial charge in [0.1, 0.15) is 5.82 Å². The summed E-state index contributed by atoms with van der Waals surface area (Å²) >= 11 is 0. The van der Waals surface area contributed by atoms with Gasteiger partial charge in [0.2, 0.25) is 0 Å². The summed E-state index contributed by atoms with van der Waals surface area (Å²) in [6.07, 6.45) is 6.29. The maximum absolute atomic E-state index is 11.2. The average Bonchev–Trinajstić information content (AvgIpc) is 2.75. The third kappa shape index (κ3) is 5.67. The fourth-order valence-electron chi connectivity index (χ4n) is 1.59. The Hall–Kier alpha value is -1.56. The topological polar surface area (TPSA) is 79.2 Å². The van der Waals surface area contributed by atoms with Crippen molar-refractivity contribution < 1.29 is 9.90 Å². The first-order valence-electron chi connectivity index (χ1n) is 6.34. The van der Waals surface area contributed by atoms with Crippen LogP contribution in [0.3, 0.4) is 0 Å². The van der Waals surface area contributed by atoms with E-state index >= 15 is 0 Å². The number of carbonyl (C=O) groups is 1. The second-order valence-corrected chi connectivity index (χ2v) is 4.13. The zero-order chi connectivity index (χ0) is 13.2. The highest BCUT2D eigenvalue weighted by atomic mass is 16.3. The van der Waals surface area contributed by atoms with E-state index in [9.17, 15) is 4.79 Å². The number of hydrogen-bond acceptors (Lipinski definition) is 3. The van der Waals surface area contributed by atoms with Crippen LogP contribution in [0.25, 0.3) is 0 Å². The van der Waals surface area contributed by atoms with Gasteiger partial charge in [-0.1, -0.05) is 0 Å². The van der Waals surface area contributed by atoms with Crippen molar-refractivity contribution in [3.63, 3.8) is 0 Å². The summed E-state index contributed by atoms with van der Waals surface area (Å²) < 4.78 is 2.10. The van der Waals surface area contributed by atoms with E-state index in [1.165, 1.54) is 0 Å². The zero-order valence-corrected chi connectivity index (χ0v) is 10.9. The predicted molar refractivity (Wildman–Crippen MR) is 69.3 cm³/mol. The number of aromatic nitrogens is 2. The van der Waals surface area contributed by atoms with Gasteiger partial charge in [0.25, 0.3) is 0 Å². The fourth-order valence-corrected chi connectivity index (χ4v) is 1.59. The number of rotatable bonds is 8. The number of urea groups is 1. The molecule has 102 valence electrons. The Morgan fingerprint density at radius 2 is 2.06 bits per heavy atom. The lowest BCUT2D eigenvalue weighted by Crippen LogP contribution is -2.36. The quantitative estimate of drug-likeness (QED) is 0.596. The Balaban J connectivity index is 1.98. The van der Waals surface area contributed by atoms with Gasteiger partial charge < -0.3 is 20.3 Å². The Morgan fingerprint density at radius 3 is 2.67 bits per heavy atom. The Morgan fingerprint density at radius 1 is 1.33 bits per heavy atom. The lowest BCUT2D eigenvalue weighted by molar-refractivity contribution is 0.238. The van der Waals surface area contributed by atoms with Gasteiger partial charge in [0.05, 0.1) is 0 Å². The second kappa shape index (κ2) is 8.52. The molecule has 0 aliphatic heterocycles. The Labute approximate surface area is 107 Å². The summed E-state index contributed by atoms with van der Waals surface area (Å²) in [7, 11) is 0. The summed E-state index contributed by atoms with van der Waals surface area (Å²) in [5, 5.41) is 14.0. The number of imidazole rings is 1. The number of aliphatic hydroxyl groups excluding tert-OH is 1. The van der Waals surface area contributed by atoms with Crippen molar-refractivity contribution in [2.45, 2.75) is 32.7 Å². The number of hydrogen-bond donors (Lipinski definition) is 3. The number of nitrogens with zero attached hydrogens (tertiary/aromatic N) is 2. The lowest BCUT2D eigenvalue weighted by Gasteiger charge is -2.07. The van der Waals surface area contributed by atoms with Gasteiger partial charge in [0, 0.05) is 38.6 Å². The number of nitrogens with one attached hydrogen (secondary N) is 2. The second-order valence-electron chi connectivity index (χ2n) is 4.13. The van der Waals surface area contributed by atoms with Crippen molar-refractivity contribution in [1.29, 1.82) is 0 Å². The highest BCUT2D eigenvalue weighted by Crippen LogP contribution is 1.98. The van der Waals surface area contributed by atoms with Gasteiger partial charge in [0.15, 0.2) is 0 Å². The van der Waals surface area contributed by atoms with Crippen LogP contribution >= 0.6 is 0 Å². The van der Waals surface area contributed by atoms with Crippen molar-refractivity contribution in [1.82, 2.24) is 20.2 Å². The molecular formula is C12H22N4O2. The van der Waals surface area contributed by atoms with Crippen LogP contribution in [0, 0.1) is 6.92 Å². The molecule has 6 heteroatoms. The molecule has 0 bridgehead atoms. The van der Waals surface area contributed by atoms with Crippen molar-refractivity contribution in [2.75, 3.05) is 19.7 Å². The number of unbranched alkanes of at least 4 members (excludes halogenated alkanes) is 1. The van der Waals surface area contributed by atoms with Crippen LogP contribution in [0.5, 0.6) is 0 Å². The molecule has 0 spiro atoms. The molecule has 0 aromatic carbocycles. The fraction of sp³-hybridized carbons (Fsp3) is 0.667. The van der Waals surface area contributed by atoms with E-state index in [1.807, 2.05) is 13.1 Å². The molecule has 0 unspecified atom stereocenters. The van der Waals surface area contributed by atoms with Crippen molar-refractivity contribution in [3.05, 3.63) is 18.2 Å². The van der Waals surface area contributed by atoms with Crippen LogP contribution in [0.2, 0.25) is 0 Å². The minimum absolute atomic E-state index is 0.102. The summed E-state index contributed by atoms with van der Waals surface area (Å²) in [5.74, 6) is 1.02. The summed E-state index contributed by atoms with van der Waals surface area (Å²) in [4.78, 5) is 15.4. The number of aliphatic hydroxyl groups is 1. The molecule has 0 aliphatic carbocycles. The van der Waals surface area contributed by atoms with Crippen molar-refractivity contribution >= 4 is 6.03 Å². The summed E-state index contributed by atoms with van der Waals surface area (Å²) in [6, 6.07) is -0.165. The molecule has 1 rings (SSSR count). The van der Waals surface area contributed by atoms with Crippen molar-refractivity contribution in [3.8, 4) is 0 Å². The molecule has 1 aromatic heterocycles. The Bertz CT molecular complexity index is 352. The lowest BCUT2D eigenvalue weighted by atomic mass is 10.3. The minimum atomic E-state index is -0.165. The van der Waals surface area contributed by atoms with E-state index < -0.39 is 0 Å². The van der Waals surface area contributed by atoms with Gasteiger partial charge in [-0.25, -0.2) is 9.78 Å². The van der Waals surface area contributed by atoms with Crippen LogP contribution in [0.1, 0.15) is 25.1 Å².